The van der Waals surface area contributed by atoms with Gasteiger partial charge in [-0.1, -0.05) is 84.2 Å². The normalized spacial score (nSPS) is 10.8. The highest BCUT2D eigenvalue weighted by Gasteiger charge is 2.02. The standard InChI is InChI=1S/C13H9Br3/c14-12-7-5-10(6-8-12)9-1-3-11(4-2-9)13(15)16/h1-8,13H. The van der Waals surface area contributed by atoms with Gasteiger partial charge in [-0.15, -0.1) is 0 Å². The first-order valence-electron chi connectivity index (χ1n) is 4.81. The van der Waals surface area contributed by atoms with Gasteiger partial charge < -0.3 is 0 Å². The summed E-state index contributed by atoms with van der Waals surface area (Å²) < 4.78 is 1.33. The van der Waals surface area contributed by atoms with Crippen LogP contribution in [-0.2, 0) is 0 Å². The SMILES string of the molecule is Brc1ccc(-c2ccc(C(Br)Br)cc2)cc1. The maximum atomic E-state index is 3.48. The zero-order valence-electron chi connectivity index (χ0n) is 8.33. The van der Waals surface area contributed by atoms with Crippen molar-refractivity contribution in [3.8, 4) is 11.1 Å². The van der Waals surface area contributed by atoms with Crippen LogP contribution in [0.25, 0.3) is 11.1 Å². The zero-order chi connectivity index (χ0) is 11.5. The van der Waals surface area contributed by atoms with Crippen molar-refractivity contribution in [2.24, 2.45) is 0 Å². The maximum Gasteiger partial charge on any atom is 0.0946 e. The predicted octanol–water partition coefficient (Wildman–Crippen LogP) is 5.90. The highest BCUT2D eigenvalue weighted by Crippen LogP contribution is 2.30. The fraction of sp³-hybridized carbons (Fsp3) is 0.0769. The summed E-state index contributed by atoms with van der Waals surface area (Å²) in [6.07, 6.45) is 0. The first-order valence-corrected chi connectivity index (χ1v) is 7.43. The van der Waals surface area contributed by atoms with Crippen LogP contribution in [0.3, 0.4) is 0 Å². The summed E-state index contributed by atoms with van der Waals surface area (Å²) in [6, 6.07) is 16.8. The summed E-state index contributed by atoms with van der Waals surface area (Å²) in [5.74, 6) is 0. The quantitative estimate of drug-likeness (QED) is 0.546. The molecule has 2 aromatic rings. The second-order valence-corrected chi connectivity index (χ2v) is 7.41. The minimum atomic E-state index is 0.221. The van der Waals surface area contributed by atoms with Gasteiger partial charge in [0.05, 0.1) is 3.74 Å². The topological polar surface area (TPSA) is 0 Å². The van der Waals surface area contributed by atoms with Gasteiger partial charge in [0, 0.05) is 4.47 Å². The molecule has 0 saturated heterocycles. The Balaban J connectivity index is 2.31. The van der Waals surface area contributed by atoms with Crippen molar-refractivity contribution >= 4 is 47.8 Å². The van der Waals surface area contributed by atoms with Gasteiger partial charge in [0.1, 0.15) is 0 Å². The number of benzene rings is 2. The first kappa shape index (κ1) is 12.3. The van der Waals surface area contributed by atoms with E-state index >= 15 is 0 Å². The summed E-state index contributed by atoms with van der Waals surface area (Å²) in [6.45, 7) is 0. The molecule has 2 rings (SSSR count). The van der Waals surface area contributed by atoms with Crippen LogP contribution in [-0.4, -0.2) is 0 Å². The van der Waals surface area contributed by atoms with Crippen LogP contribution in [0.1, 0.15) is 9.30 Å². The van der Waals surface area contributed by atoms with Crippen LogP contribution < -0.4 is 0 Å². The lowest BCUT2D eigenvalue weighted by molar-refractivity contribution is 1.42. The molecule has 0 radical (unpaired) electrons. The minimum Gasteiger partial charge on any atom is -0.0712 e. The molecular formula is C13H9Br3. The second-order valence-electron chi connectivity index (χ2n) is 3.43. The molecule has 0 aromatic heterocycles. The monoisotopic (exact) mass is 402 g/mol. The molecule has 0 spiro atoms. The Labute approximate surface area is 120 Å². The molecule has 0 atom stereocenters. The molecule has 0 saturated carbocycles. The summed E-state index contributed by atoms with van der Waals surface area (Å²) in [5.41, 5.74) is 3.69. The molecule has 0 amide bonds. The van der Waals surface area contributed by atoms with Gasteiger partial charge in [-0.05, 0) is 28.8 Å². The molecule has 0 fully saturated rings. The average Bonchev–Trinajstić information content (AvgIpc) is 2.30. The van der Waals surface area contributed by atoms with E-state index in [1.54, 1.807) is 0 Å². The van der Waals surface area contributed by atoms with E-state index in [0.717, 1.165) is 4.47 Å². The lowest BCUT2D eigenvalue weighted by atomic mass is 10.0. The molecule has 3 heteroatoms. The van der Waals surface area contributed by atoms with Gasteiger partial charge in [0.25, 0.3) is 0 Å². The lowest BCUT2D eigenvalue weighted by Crippen LogP contribution is -1.81. The van der Waals surface area contributed by atoms with Crippen molar-refractivity contribution in [1.82, 2.24) is 0 Å². The summed E-state index contributed by atoms with van der Waals surface area (Å²) in [4.78, 5) is 0. The number of hydrogen-bond donors (Lipinski definition) is 0. The van der Waals surface area contributed by atoms with E-state index in [0.29, 0.717) is 0 Å². The molecule has 0 N–H and O–H groups in total. The first-order chi connectivity index (χ1) is 7.66. The summed E-state index contributed by atoms with van der Waals surface area (Å²) in [7, 11) is 0. The second kappa shape index (κ2) is 5.48. The van der Waals surface area contributed by atoms with Gasteiger partial charge >= 0.3 is 0 Å². The van der Waals surface area contributed by atoms with Gasteiger partial charge in [-0.2, -0.15) is 0 Å². The Morgan fingerprint density at radius 1 is 0.688 bits per heavy atom. The number of alkyl halides is 2. The molecule has 0 heterocycles. The highest BCUT2D eigenvalue weighted by atomic mass is 79.9. The molecule has 0 unspecified atom stereocenters. The third kappa shape index (κ3) is 2.96. The molecular weight excluding hydrogens is 396 g/mol. The van der Waals surface area contributed by atoms with Crippen molar-refractivity contribution in [2.75, 3.05) is 0 Å². The Kier molecular flexibility index (Phi) is 4.22. The van der Waals surface area contributed by atoms with E-state index in [2.05, 4.69) is 96.3 Å². The Bertz CT molecular complexity index is 458. The van der Waals surface area contributed by atoms with E-state index in [-0.39, 0.29) is 3.74 Å². The Morgan fingerprint density at radius 3 is 1.56 bits per heavy atom. The summed E-state index contributed by atoms with van der Waals surface area (Å²) in [5, 5.41) is 0. The average molecular weight is 405 g/mol. The molecule has 0 bridgehead atoms. The van der Waals surface area contributed by atoms with Gasteiger partial charge in [-0.25, -0.2) is 0 Å². The molecule has 0 aliphatic rings. The minimum absolute atomic E-state index is 0.221. The largest absolute Gasteiger partial charge is 0.0946 e. The van der Waals surface area contributed by atoms with E-state index in [9.17, 15) is 0 Å². The van der Waals surface area contributed by atoms with Crippen molar-refractivity contribution in [2.45, 2.75) is 3.74 Å². The van der Waals surface area contributed by atoms with Crippen molar-refractivity contribution < 1.29 is 0 Å². The van der Waals surface area contributed by atoms with Gasteiger partial charge in [0.15, 0.2) is 0 Å². The molecule has 16 heavy (non-hydrogen) atoms. The summed E-state index contributed by atoms with van der Waals surface area (Å²) >= 11 is 10.4. The highest BCUT2D eigenvalue weighted by molar-refractivity contribution is 9.24. The van der Waals surface area contributed by atoms with Crippen molar-refractivity contribution in [3.05, 3.63) is 58.6 Å². The number of hydrogen-bond acceptors (Lipinski definition) is 0. The van der Waals surface area contributed by atoms with E-state index < -0.39 is 0 Å². The van der Waals surface area contributed by atoms with Crippen LogP contribution >= 0.6 is 47.8 Å². The third-order valence-electron chi connectivity index (χ3n) is 2.34. The zero-order valence-corrected chi connectivity index (χ0v) is 13.1. The van der Waals surface area contributed by atoms with Crippen LogP contribution in [0.15, 0.2) is 53.0 Å². The molecule has 0 aliphatic carbocycles. The van der Waals surface area contributed by atoms with Gasteiger partial charge in [0.2, 0.25) is 0 Å². The fourth-order valence-corrected chi connectivity index (χ4v) is 2.34. The smallest absolute Gasteiger partial charge is 0.0712 e. The maximum absolute atomic E-state index is 3.48. The van der Waals surface area contributed by atoms with Crippen molar-refractivity contribution in [1.29, 1.82) is 0 Å². The van der Waals surface area contributed by atoms with Crippen LogP contribution in [0.4, 0.5) is 0 Å². The Hall–Kier alpha value is -0.120. The molecule has 0 nitrogen and oxygen atoms in total. The van der Waals surface area contributed by atoms with E-state index in [1.807, 2.05) is 0 Å². The third-order valence-corrected chi connectivity index (χ3v) is 3.93. The predicted molar refractivity (Wildman–Crippen MR) is 80.2 cm³/mol. The fourth-order valence-electron chi connectivity index (χ4n) is 1.46. The van der Waals surface area contributed by atoms with E-state index in [4.69, 9.17) is 0 Å². The van der Waals surface area contributed by atoms with Crippen LogP contribution in [0, 0.1) is 0 Å². The molecule has 82 valence electrons. The Morgan fingerprint density at radius 2 is 1.12 bits per heavy atom. The lowest BCUT2D eigenvalue weighted by Gasteiger charge is -2.05. The van der Waals surface area contributed by atoms with Crippen molar-refractivity contribution in [3.63, 3.8) is 0 Å². The van der Waals surface area contributed by atoms with E-state index in [1.165, 1.54) is 16.7 Å². The molecule has 2 aromatic carbocycles. The van der Waals surface area contributed by atoms with Crippen LogP contribution in [0.5, 0.6) is 0 Å². The van der Waals surface area contributed by atoms with Crippen LogP contribution in [0.2, 0.25) is 0 Å². The molecule has 0 aliphatic heterocycles. The van der Waals surface area contributed by atoms with Gasteiger partial charge in [-0.3, -0.25) is 0 Å². The number of rotatable bonds is 2. The number of halogens is 3.